The van der Waals surface area contributed by atoms with E-state index in [1.165, 1.54) is 6.20 Å². The largest absolute Gasteiger partial charge is 0.480 e. The first-order chi connectivity index (χ1) is 9.31. The molecule has 0 unspecified atom stereocenters. The molecule has 0 aromatic carbocycles. The lowest BCUT2D eigenvalue weighted by Gasteiger charge is -2.12. The fourth-order valence-corrected chi connectivity index (χ4v) is 3.08. The van der Waals surface area contributed by atoms with Crippen LogP contribution in [-0.4, -0.2) is 35.1 Å². The maximum Gasteiger partial charge on any atom is 0.321 e. The summed E-state index contributed by atoms with van der Waals surface area (Å²) < 4.78 is 28.2. The molecule has 0 aliphatic rings. The molecule has 1 rings (SSSR count). The lowest BCUT2D eigenvalue weighted by atomic mass is 10.2. The van der Waals surface area contributed by atoms with Gasteiger partial charge in [-0.25, -0.2) is 13.4 Å². The maximum atomic E-state index is 12.1. The van der Waals surface area contributed by atoms with Crippen molar-refractivity contribution in [2.75, 3.05) is 0 Å². The van der Waals surface area contributed by atoms with E-state index in [9.17, 15) is 13.2 Å². The van der Waals surface area contributed by atoms with Gasteiger partial charge in [-0.3, -0.25) is 4.79 Å². The van der Waals surface area contributed by atoms with E-state index in [0.29, 0.717) is 18.8 Å². The summed E-state index contributed by atoms with van der Waals surface area (Å²) in [5.74, 6) is -0.588. The number of hydrogen-bond acceptors (Lipinski definition) is 4. The Hall–Kier alpha value is -1.41. The normalized spacial score (nSPS) is 13.3. The number of nitrogens with one attached hydrogen (secondary N) is 1. The Bertz CT molecular complexity index is 565. The Labute approximate surface area is 119 Å². The van der Waals surface area contributed by atoms with E-state index in [2.05, 4.69) is 9.71 Å². The van der Waals surface area contributed by atoms with Crippen LogP contribution in [0.1, 0.15) is 38.9 Å². The van der Waals surface area contributed by atoms with Gasteiger partial charge in [0.2, 0.25) is 0 Å². The number of aliphatic carboxylic acids is 1. The predicted octanol–water partition coefficient (Wildman–Crippen LogP) is 1.13. The van der Waals surface area contributed by atoms with Crippen LogP contribution >= 0.6 is 0 Å². The van der Waals surface area contributed by atoms with Gasteiger partial charge in [0.25, 0.3) is 10.0 Å². The molecule has 1 aromatic heterocycles. The molecule has 1 atom stereocenters. The van der Waals surface area contributed by atoms with E-state index in [-0.39, 0.29) is 11.4 Å². The summed E-state index contributed by atoms with van der Waals surface area (Å²) in [4.78, 5) is 15.0. The molecule has 1 heterocycles. The minimum atomic E-state index is -3.91. The summed E-state index contributed by atoms with van der Waals surface area (Å²) in [6.45, 7) is 6.17. The highest BCUT2D eigenvalue weighted by molar-refractivity contribution is 7.89. The number of imidazole rings is 1. The Balaban J connectivity index is 2.98. The van der Waals surface area contributed by atoms with Gasteiger partial charge in [0.1, 0.15) is 11.9 Å². The first kappa shape index (κ1) is 16.6. The van der Waals surface area contributed by atoms with Crippen LogP contribution < -0.4 is 4.72 Å². The van der Waals surface area contributed by atoms with E-state index in [1.807, 2.05) is 6.92 Å². The second kappa shape index (κ2) is 6.85. The number of hydrogen-bond donors (Lipinski definition) is 2. The van der Waals surface area contributed by atoms with Crippen molar-refractivity contribution in [1.82, 2.24) is 14.3 Å². The molecule has 20 heavy (non-hydrogen) atoms. The molecule has 0 radical (unpaired) electrons. The third-order valence-corrected chi connectivity index (χ3v) is 4.21. The summed E-state index contributed by atoms with van der Waals surface area (Å²) >= 11 is 0. The smallest absolute Gasteiger partial charge is 0.321 e. The van der Waals surface area contributed by atoms with Crippen LogP contribution in [0.5, 0.6) is 0 Å². The van der Waals surface area contributed by atoms with Crippen molar-refractivity contribution in [1.29, 1.82) is 0 Å². The Morgan fingerprint density at radius 3 is 2.60 bits per heavy atom. The Kier molecular flexibility index (Phi) is 5.70. The van der Waals surface area contributed by atoms with Gasteiger partial charge in [0, 0.05) is 12.7 Å². The third-order valence-electron chi connectivity index (χ3n) is 2.87. The van der Waals surface area contributed by atoms with Crippen molar-refractivity contribution in [3.63, 3.8) is 0 Å². The number of aromatic nitrogens is 2. The number of nitrogens with zero attached hydrogens (tertiary/aromatic N) is 2. The molecular formula is C12H21N3O4S. The van der Waals surface area contributed by atoms with Gasteiger partial charge < -0.3 is 9.67 Å². The first-order valence-corrected chi connectivity index (χ1v) is 8.09. The van der Waals surface area contributed by atoms with Crippen LogP contribution in [0.25, 0.3) is 0 Å². The van der Waals surface area contributed by atoms with Gasteiger partial charge in [0.05, 0.1) is 0 Å². The van der Waals surface area contributed by atoms with Gasteiger partial charge in [-0.15, -0.1) is 0 Å². The summed E-state index contributed by atoms with van der Waals surface area (Å²) in [7, 11) is -3.91. The zero-order chi connectivity index (χ0) is 15.3. The fourth-order valence-electron chi connectivity index (χ4n) is 1.85. The molecule has 114 valence electrons. The van der Waals surface area contributed by atoms with Crippen LogP contribution in [0, 0.1) is 6.92 Å². The molecule has 0 spiro atoms. The summed E-state index contributed by atoms with van der Waals surface area (Å²) in [6.07, 6.45) is 3.11. The number of aryl methyl sites for hydroxylation is 2. The molecule has 8 heteroatoms. The molecular weight excluding hydrogens is 282 g/mol. The third kappa shape index (κ3) is 4.04. The lowest BCUT2D eigenvalue weighted by Crippen LogP contribution is -2.40. The zero-order valence-corrected chi connectivity index (χ0v) is 12.8. The molecule has 0 aliphatic heterocycles. The van der Waals surface area contributed by atoms with Gasteiger partial charge in [-0.2, -0.15) is 4.72 Å². The van der Waals surface area contributed by atoms with E-state index in [4.69, 9.17) is 5.11 Å². The average Bonchev–Trinajstić information content (AvgIpc) is 2.71. The SMILES string of the molecule is CCC[C@@H](NS(=O)(=O)c1cn(CCC)c(C)n1)C(=O)O. The van der Waals surface area contributed by atoms with E-state index >= 15 is 0 Å². The Morgan fingerprint density at radius 2 is 2.10 bits per heavy atom. The molecule has 2 N–H and O–H groups in total. The fraction of sp³-hybridized carbons (Fsp3) is 0.667. The maximum absolute atomic E-state index is 12.1. The molecule has 0 saturated carbocycles. The van der Waals surface area contributed by atoms with Crippen molar-refractivity contribution in [3.05, 3.63) is 12.0 Å². The van der Waals surface area contributed by atoms with Gasteiger partial charge in [-0.1, -0.05) is 20.3 Å². The summed E-state index contributed by atoms with van der Waals surface area (Å²) in [6, 6.07) is -1.12. The van der Waals surface area contributed by atoms with Gasteiger partial charge >= 0.3 is 5.97 Å². The number of carboxylic acids is 1. The van der Waals surface area contributed by atoms with Crippen LogP contribution in [0.15, 0.2) is 11.2 Å². The zero-order valence-electron chi connectivity index (χ0n) is 12.0. The second-order valence-electron chi connectivity index (χ2n) is 4.62. The second-order valence-corrected chi connectivity index (χ2v) is 6.28. The molecule has 7 nitrogen and oxygen atoms in total. The highest BCUT2D eigenvalue weighted by Gasteiger charge is 2.26. The van der Waals surface area contributed by atoms with Crippen molar-refractivity contribution in [2.24, 2.45) is 0 Å². The molecule has 0 fully saturated rings. The van der Waals surface area contributed by atoms with E-state index in [0.717, 1.165) is 6.42 Å². The minimum absolute atomic E-state index is 0.134. The minimum Gasteiger partial charge on any atom is -0.480 e. The lowest BCUT2D eigenvalue weighted by molar-refractivity contribution is -0.139. The van der Waals surface area contributed by atoms with Crippen LogP contribution in [0.3, 0.4) is 0 Å². The van der Waals surface area contributed by atoms with Crippen LogP contribution in [-0.2, 0) is 21.4 Å². The molecule has 0 aliphatic carbocycles. The molecule has 0 amide bonds. The van der Waals surface area contributed by atoms with Crippen molar-refractivity contribution in [3.8, 4) is 0 Å². The number of sulfonamides is 1. The number of rotatable bonds is 8. The van der Waals surface area contributed by atoms with Gasteiger partial charge in [-0.05, 0) is 19.8 Å². The topological polar surface area (TPSA) is 101 Å². The van der Waals surface area contributed by atoms with E-state index < -0.39 is 22.0 Å². The van der Waals surface area contributed by atoms with E-state index in [1.54, 1.807) is 18.4 Å². The van der Waals surface area contributed by atoms with Crippen molar-refractivity contribution >= 4 is 16.0 Å². The number of carboxylic acid groups (broad SMARTS) is 1. The standard InChI is InChI=1S/C12H21N3O4S/c1-4-6-10(12(16)17)14-20(18,19)11-8-15(7-5-2)9(3)13-11/h8,10,14H,4-7H2,1-3H3,(H,16,17)/t10-/m1/s1. The van der Waals surface area contributed by atoms with Gasteiger partial charge in [0.15, 0.2) is 5.03 Å². The molecule has 0 saturated heterocycles. The molecule has 0 bridgehead atoms. The quantitative estimate of drug-likeness (QED) is 0.749. The van der Waals surface area contributed by atoms with Crippen LogP contribution in [0.2, 0.25) is 0 Å². The average molecular weight is 303 g/mol. The molecule has 1 aromatic rings. The number of carbonyl (C=O) groups is 1. The monoisotopic (exact) mass is 303 g/mol. The highest BCUT2D eigenvalue weighted by Crippen LogP contribution is 2.11. The summed E-state index contributed by atoms with van der Waals surface area (Å²) in [5, 5.41) is 8.87. The predicted molar refractivity (Wildman–Crippen MR) is 73.9 cm³/mol. The Morgan fingerprint density at radius 1 is 1.45 bits per heavy atom. The van der Waals surface area contributed by atoms with Crippen LogP contribution in [0.4, 0.5) is 0 Å². The summed E-state index contributed by atoms with van der Waals surface area (Å²) in [5.41, 5.74) is 0. The highest BCUT2D eigenvalue weighted by atomic mass is 32.2. The van der Waals surface area contributed by atoms with Crippen molar-refractivity contribution < 1.29 is 18.3 Å². The van der Waals surface area contributed by atoms with Crippen molar-refractivity contribution in [2.45, 2.75) is 57.6 Å². The first-order valence-electron chi connectivity index (χ1n) is 6.60.